The molecule has 0 bridgehead atoms. The molecular weight excluding hydrogens is 300 g/mol. The van der Waals surface area contributed by atoms with E-state index in [9.17, 15) is 13.2 Å². The van der Waals surface area contributed by atoms with Crippen molar-refractivity contribution in [2.24, 2.45) is 5.14 Å². The number of nitrogens with two attached hydrogens (primary N) is 1. The number of thiophene rings is 1. The molecule has 1 amide bonds. The van der Waals surface area contributed by atoms with Crippen LogP contribution in [0.3, 0.4) is 0 Å². The molecule has 1 aromatic heterocycles. The molecule has 0 saturated carbocycles. The summed E-state index contributed by atoms with van der Waals surface area (Å²) in [7, 11) is -3.63. The van der Waals surface area contributed by atoms with Gasteiger partial charge in [0.2, 0.25) is 15.9 Å². The molecule has 0 aromatic carbocycles. The Hall–Kier alpha value is -0.960. The third-order valence-electron chi connectivity index (χ3n) is 3.11. The molecule has 2 rings (SSSR count). The second kappa shape index (κ2) is 6.21. The van der Waals surface area contributed by atoms with E-state index in [-0.39, 0.29) is 22.3 Å². The number of nitrogens with one attached hydrogen (secondary N) is 1. The van der Waals surface area contributed by atoms with E-state index in [0.717, 1.165) is 29.1 Å². The largest absolute Gasteiger partial charge is 0.365 e. The molecule has 1 aliphatic heterocycles. The molecule has 2 unspecified atom stereocenters. The maximum Gasteiger partial charge on any atom is 0.249 e. The molecule has 0 aliphatic carbocycles. The normalized spacial score (nSPS) is 22.9. The van der Waals surface area contributed by atoms with Crippen molar-refractivity contribution in [2.75, 3.05) is 6.54 Å². The van der Waals surface area contributed by atoms with Gasteiger partial charge in [0.1, 0.15) is 10.3 Å². The SMILES string of the molecule is CC1CCC(C(=O)NCCc2ccc(S(N)(=O)=O)s2)O1. The smallest absolute Gasteiger partial charge is 0.249 e. The van der Waals surface area contributed by atoms with Gasteiger partial charge < -0.3 is 10.1 Å². The van der Waals surface area contributed by atoms with Crippen LogP contribution in [0.15, 0.2) is 16.3 Å². The van der Waals surface area contributed by atoms with Gasteiger partial charge in [-0.15, -0.1) is 11.3 Å². The van der Waals surface area contributed by atoms with Crippen molar-refractivity contribution in [3.8, 4) is 0 Å². The minimum Gasteiger partial charge on any atom is -0.365 e. The molecule has 3 N–H and O–H groups in total. The summed E-state index contributed by atoms with van der Waals surface area (Å²) in [4.78, 5) is 12.7. The lowest BCUT2D eigenvalue weighted by molar-refractivity contribution is -0.131. The molecule has 1 fully saturated rings. The van der Waals surface area contributed by atoms with Gasteiger partial charge in [0.05, 0.1) is 6.10 Å². The molecule has 112 valence electrons. The Bertz CT molecular complexity index is 582. The van der Waals surface area contributed by atoms with E-state index >= 15 is 0 Å². The number of sulfonamides is 1. The average molecular weight is 318 g/mol. The van der Waals surface area contributed by atoms with Crippen LogP contribution in [0.25, 0.3) is 0 Å². The molecule has 20 heavy (non-hydrogen) atoms. The van der Waals surface area contributed by atoms with Crippen molar-refractivity contribution in [3.63, 3.8) is 0 Å². The first-order chi connectivity index (χ1) is 9.36. The van der Waals surface area contributed by atoms with Crippen LogP contribution in [0.2, 0.25) is 0 Å². The van der Waals surface area contributed by atoms with Crippen molar-refractivity contribution < 1.29 is 17.9 Å². The van der Waals surface area contributed by atoms with Crippen molar-refractivity contribution in [1.29, 1.82) is 0 Å². The Morgan fingerprint density at radius 2 is 2.25 bits per heavy atom. The minimum atomic E-state index is -3.63. The molecule has 0 spiro atoms. The Balaban J connectivity index is 1.78. The zero-order valence-electron chi connectivity index (χ0n) is 11.2. The lowest BCUT2D eigenvalue weighted by Gasteiger charge is -2.11. The van der Waals surface area contributed by atoms with Crippen LogP contribution in [-0.2, 0) is 26.0 Å². The highest BCUT2D eigenvalue weighted by Gasteiger charge is 2.27. The number of hydrogen-bond donors (Lipinski definition) is 2. The fourth-order valence-electron chi connectivity index (χ4n) is 2.06. The van der Waals surface area contributed by atoms with Crippen molar-refractivity contribution in [2.45, 2.75) is 42.6 Å². The van der Waals surface area contributed by atoms with Crippen LogP contribution in [0.1, 0.15) is 24.6 Å². The van der Waals surface area contributed by atoms with E-state index < -0.39 is 10.0 Å². The quantitative estimate of drug-likeness (QED) is 0.831. The summed E-state index contributed by atoms with van der Waals surface area (Å²) in [6, 6.07) is 3.20. The van der Waals surface area contributed by atoms with Gasteiger partial charge >= 0.3 is 0 Å². The topological polar surface area (TPSA) is 98.5 Å². The first-order valence-corrected chi connectivity index (χ1v) is 8.77. The van der Waals surface area contributed by atoms with Crippen LogP contribution in [-0.4, -0.2) is 33.1 Å². The predicted molar refractivity (Wildman–Crippen MR) is 76.0 cm³/mol. The fourth-order valence-corrected chi connectivity index (χ4v) is 3.84. The molecule has 2 heterocycles. The molecule has 0 radical (unpaired) electrons. The summed E-state index contributed by atoms with van der Waals surface area (Å²) < 4.78 is 27.9. The number of ether oxygens (including phenoxy) is 1. The molecule has 1 aliphatic rings. The van der Waals surface area contributed by atoms with E-state index in [1.807, 2.05) is 6.92 Å². The summed E-state index contributed by atoms with van der Waals surface area (Å²) in [5.41, 5.74) is 0. The highest BCUT2D eigenvalue weighted by atomic mass is 32.2. The van der Waals surface area contributed by atoms with Crippen molar-refractivity contribution in [3.05, 3.63) is 17.0 Å². The Morgan fingerprint density at radius 1 is 1.50 bits per heavy atom. The van der Waals surface area contributed by atoms with Crippen LogP contribution in [0.5, 0.6) is 0 Å². The number of primary sulfonamides is 1. The van der Waals surface area contributed by atoms with Crippen LogP contribution >= 0.6 is 11.3 Å². The van der Waals surface area contributed by atoms with E-state index in [2.05, 4.69) is 5.32 Å². The number of hydrogen-bond acceptors (Lipinski definition) is 5. The van der Waals surface area contributed by atoms with Crippen molar-refractivity contribution >= 4 is 27.3 Å². The molecule has 1 aromatic rings. The van der Waals surface area contributed by atoms with Crippen LogP contribution < -0.4 is 10.5 Å². The van der Waals surface area contributed by atoms with Gasteiger partial charge in [-0.2, -0.15) is 0 Å². The maximum atomic E-state index is 11.8. The number of rotatable bonds is 5. The zero-order chi connectivity index (χ0) is 14.8. The summed E-state index contributed by atoms with van der Waals surface area (Å²) in [6.07, 6.45) is 2.02. The first kappa shape index (κ1) is 15.4. The monoisotopic (exact) mass is 318 g/mol. The van der Waals surface area contributed by atoms with E-state index in [1.165, 1.54) is 6.07 Å². The van der Waals surface area contributed by atoms with E-state index in [0.29, 0.717) is 13.0 Å². The van der Waals surface area contributed by atoms with Gasteiger partial charge in [0, 0.05) is 11.4 Å². The lowest BCUT2D eigenvalue weighted by atomic mass is 10.2. The van der Waals surface area contributed by atoms with Crippen LogP contribution in [0, 0.1) is 0 Å². The van der Waals surface area contributed by atoms with E-state index in [1.54, 1.807) is 6.07 Å². The standard InChI is InChI=1S/C12H18N2O4S2/c1-8-2-4-10(18-8)12(15)14-7-6-9-3-5-11(19-9)20(13,16)17/h3,5,8,10H,2,4,6-7H2,1H3,(H,14,15)(H2,13,16,17). The van der Waals surface area contributed by atoms with Gasteiger partial charge in [-0.1, -0.05) is 0 Å². The Labute approximate surface area is 122 Å². The van der Waals surface area contributed by atoms with Gasteiger partial charge in [0.15, 0.2) is 0 Å². The highest BCUT2D eigenvalue weighted by molar-refractivity contribution is 7.91. The number of carbonyl (C=O) groups excluding carboxylic acids is 1. The average Bonchev–Trinajstić information content (AvgIpc) is 2.97. The second-order valence-corrected chi connectivity index (χ2v) is 7.78. The van der Waals surface area contributed by atoms with Gasteiger partial charge in [0.25, 0.3) is 0 Å². The molecule has 8 heteroatoms. The summed E-state index contributed by atoms with van der Waals surface area (Å²) in [6.45, 7) is 2.41. The molecule has 1 saturated heterocycles. The van der Waals surface area contributed by atoms with Crippen LogP contribution in [0.4, 0.5) is 0 Å². The minimum absolute atomic E-state index is 0.0995. The highest BCUT2D eigenvalue weighted by Crippen LogP contribution is 2.21. The third kappa shape index (κ3) is 4.02. The van der Waals surface area contributed by atoms with Crippen molar-refractivity contribution in [1.82, 2.24) is 5.32 Å². The zero-order valence-corrected chi connectivity index (χ0v) is 12.8. The fraction of sp³-hybridized carbons (Fsp3) is 0.583. The maximum absolute atomic E-state index is 11.8. The summed E-state index contributed by atoms with van der Waals surface area (Å²) >= 11 is 1.13. The molecular formula is C12H18N2O4S2. The number of carbonyl (C=O) groups is 1. The Morgan fingerprint density at radius 3 is 2.80 bits per heavy atom. The summed E-state index contributed by atoms with van der Waals surface area (Å²) in [5, 5.41) is 7.84. The lowest BCUT2D eigenvalue weighted by Crippen LogP contribution is -2.35. The van der Waals surface area contributed by atoms with E-state index in [4.69, 9.17) is 9.88 Å². The Kier molecular flexibility index (Phi) is 4.79. The molecule has 6 nitrogen and oxygen atoms in total. The predicted octanol–water partition coefficient (Wildman–Crippen LogP) is 0.622. The van der Waals surface area contributed by atoms with Gasteiger partial charge in [-0.25, -0.2) is 13.6 Å². The van der Waals surface area contributed by atoms with Gasteiger partial charge in [-0.05, 0) is 38.3 Å². The first-order valence-electron chi connectivity index (χ1n) is 6.41. The van der Waals surface area contributed by atoms with Gasteiger partial charge in [-0.3, -0.25) is 4.79 Å². The summed E-state index contributed by atoms with van der Waals surface area (Å²) in [5.74, 6) is -0.0995. The molecule has 2 atom stereocenters. The third-order valence-corrected chi connectivity index (χ3v) is 5.70. The number of amides is 1. The second-order valence-electron chi connectivity index (χ2n) is 4.82.